The number of nitrogens with two attached hydrogens (primary N) is 1. The lowest BCUT2D eigenvalue weighted by molar-refractivity contribution is -0.630. The molecule has 0 aromatic heterocycles. The van der Waals surface area contributed by atoms with Crippen LogP contribution in [0.15, 0.2) is 42.1 Å². The first kappa shape index (κ1) is 27.3. The van der Waals surface area contributed by atoms with E-state index in [9.17, 15) is 19.2 Å². The number of carbonyl (C=O) groups excluding carboxylic acids is 4. The summed E-state index contributed by atoms with van der Waals surface area (Å²) >= 11 is 0. The maximum Gasteiger partial charge on any atom is 0.259 e. The molecule has 41 heavy (non-hydrogen) atoms. The summed E-state index contributed by atoms with van der Waals surface area (Å²) in [6.45, 7) is 5.74. The van der Waals surface area contributed by atoms with Crippen molar-refractivity contribution in [1.82, 2.24) is 10.2 Å². The molecule has 1 saturated carbocycles. The zero-order valence-corrected chi connectivity index (χ0v) is 23.7. The molecule has 214 valence electrons. The Bertz CT molecular complexity index is 1480. The summed E-state index contributed by atoms with van der Waals surface area (Å²) in [6.07, 6.45) is 8.96. The van der Waals surface area contributed by atoms with Gasteiger partial charge in [0.25, 0.3) is 5.91 Å². The smallest absolute Gasteiger partial charge is 0.259 e. The van der Waals surface area contributed by atoms with Gasteiger partial charge in [-0.25, -0.2) is 0 Å². The van der Waals surface area contributed by atoms with E-state index in [0.717, 1.165) is 67.1 Å². The molecular formula is C32H38N5O4+. The van der Waals surface area contributed by atoms with Gasteiger partial charge >= 0.3 is 0 Å². The Morgan fingerprint density at radius 2 is 1.88 bits per heavy atom. The number of nitrogens with one attached hydrogen (secondary N) is 2. The van der Waals surface area contributed by atoms with Gasteiger partial charge < -0.3 is 15.6 Å². The van der Waals surface area contributed by atoms with Gasteiger partial charge in [-0.3, -0.25) is 29.4 Å². The van der Waals surface area contributed by atoms with Crippen LogP contribution in [0.25, 0.3) is 10.8 Å². The number of benzene rings is 2. The molecule has 4 N–H and O–H groups in total. The van der Waals surface area contributed by atoms with Crippen LogP contribution in [0.3, 0.4) is 0 Å². The van der Waals surface area contributed by atoms with E-state index in [1.165, 1.54) is 11.1 Å². The first-order chi connectivity index (χ1) is 19.7. The minimum absolute atomic E-state index is 0.0898. The van der Waals surface area contributed by atoms with E-state index in [2.05, 4.69) is 30.7 Å². The monoisotopic (exact) mass is 556 g/mol. The van der Waals surface area contributed by atoms with Gasteiger partial charge in [-0.1, -0.05) is 38.5 Å². The number of likely N-dealkylation sites (tertiary alicyclic amines) is 1. The van der Waals surface area contributed by atoms with Gasteiger partial charge in [0.05, 0.1) is 17.9 Å². The van der Waals surface area contributed by atoms with E-state index in [1.807, 2.05) is 29.2 Å². The number of allylic oxidation sites excluding steroid dienone is 1. The molecule has 2 saturated heterocycles. The minimum Gasteiger partial charge on any atom is -0.342 e. The van der Waals surface area contributed by atoms with E-state index in [-0.39, 0.29) is 29.6 Å². The van der Waals surface area contributed by atoms with Crippen molar-refractivity contribution >= 4 is 46.3 Å². The number of anilines is 1. The number of piperidine rings is 2. The summed E-state index contributed by atoms with van der Waals surface area (Å²) in [5.74, 6) is -0.752. The summed E-state index contributed by atoms with van der Waals surface area (Å²) in [7, 11) is 0. The van der Waals surface area contributed by atoms with Crippen molar-refractivity contribution in [2.24, 2.45) is 5.41 Å². The Hall–Kier alpha value is -3.85. The van der Waals surface area contributed by atoms with Gasteiger partial charge in [0.2, 0.25) is 17.7 Å². The van der Waals surface area contributed by atoms with Crippen molar-refractivity contribution in [3.05, 3.63) is 53.2 Å². The quantitative estimate of drug-likeness (QED) is 0.358. The molecule has 4 aliphatic rings. The molecule has 2 aromatic carbocycles. The third-order valence-electron chi connectivity index (χ3n) is 9.78. The van der Waals surface area contributed by atoms with Crippen LogP contribution in [0.5, 0.6) is 0 Å². The summed E-state index contributed by atoms with van der Waals surface area (Å²) in [5.41, 5.74) is 2.98. The molecule has 2 aromatic rings. The molecule has 6 rings (SSSR count). The highest BCUT2D eigenvalue weighted by atomic mass is 16.2. The van der Waals surface area contributed by atoms with Crippen molar-refractivity contribution in [3.8, 4) is 0 Å². The lowest BCUT2D eigenvalue weighted by atomic mass is 9.69. The number of imide groups is 1. The summed E-state index contributed by atoms with van der Waals surface area (Å²) in [6, 6.07) is 9.18. The Morgan fingerprint density at radius 1 is 1.12 bits per heavy atom. The lowest BCUT2D eigenvalue weighted by Crippen LogP contribution is -2.86. The number of rotatable bonds is 7. The molecule has 0 radical (unpaired) electrons. The maximum atomic E-state index is 13.5. The van der Waals surface area contributed by atoms with Gasteiger partial charge in [0.15, 0.2) is 0 Å². The van der Waals surface area contributed by atoms with E-state index >= 15 is 0 Å². The SMILES string of the molecule is C[C@@H](/C(C=N)=C/[NH2+]C1CCN(C(=O)C2(C)CCC2)CC1)c1ccc2c3c(cccc13)C(=O)N2C1CCC(=O)NC1=O. The summed E-state index contributed by atoms with van der Waals surface area (Å²) in [4.78, 5) is 54.3. The number of hydrogen-bond acceptors (Lipinski definition) is 5. The zero-order valence-electron chi connectivity index (χ0n) is 23.7. The fourth-order valence-corrected chi connectivity index (χ4v) is 6.99. The highest BCUT2D eigenvalue weighted by Gasteiger charge is 2.43. The highest BCUT2D eigenvalue weighted by Crippen LogP contribution is 2.44. The average Bonchev–Trinajstić information content (AvgIpc) is 3.24. The molecule has 1 aliphatic carbocycles. The Labute approximate surface area is 239 Å². The third-order valence-corrected chi connectivity index (χ3v) is 9.78. The average molecular weight is 557 g/mol. The van der Waals surface area contributed by atoms with E-state index in [0.29, 0.717) is 29.6 Å². The first-order valence-electron chi connectivity index (χ1n) is 14.8. The fraction of sp³-hybridized carbons (Fsp3) is 0.469. The first-order valence-corrected chi connectivity index (χ1v) is 14.8. The molecule has 3 fully saturated rings. The van der Waals surface area contributed by atoms with E-state index in [4.69, 9.17) is 5.41 Å². The number of nitrogens with zero attached hydrogens (tertiary/aromatic N) is 2. The normalized spacial score (nSPS) is 23.4. The second kappa shape index (κ2) is 10.5. The van der Waals surface area contributed by atoms with Crippen LogP contribution in [0, 0.1) is 10.8 Å². The maximum absolute atomic E-state index is 13.5. The van der Waals surface area contributed by atoms with Crippen molar-refractivity contribution in [2.75, 3.05) is 18.0 Å². The number of amides is 4. The molecule has 3 heterocycles. The molecular weight excluding hydrogens is 518 g/mol. The van der Waals surface area contributed by atoms with E-state index in [1.54, 1.807) is 6.07 Å². The van der Waals surface area contributed by atoms with Crippen LogP contribution < -0.4 is 15.5 Å². The zero-order chi connectivity index (χ0) is 28.9. The Morgan fingerprint density at radius 3 is 2.54 bits per heavy atom. The molecule has 3 aliphatic heterocycles. The standard InChI is InChI=1S/C32H37N5O4/c1-19(20(17-33)18-34-21-11-15-36(16-12-21)31(41)32(2)13-4-14-32)22-7-8-25-28-23(22)5-3-6-24(28)30(40)37(25)26-9-10-27(38)35-29(26)39/h3,5-8,17-19,21,26,33-34H,4,9-16H2,1-2H3,(H,35,38,39)/p+1/b20-18+,33-17?/t19-,26?/m0/s1. The van der Waals surface area contributed by atoms with Crippen molar-refractivity contribution < 1.29 is 24.5 Å². The second-order valence-electron chi connectivity index (χ2n) is 12.3. The second-order valence-corrected chi connectivity index (χ2v) is 12.3. The lowest BCUT2D eigenvalue weighted by Gasteiger charge is -2.42. The third kappa shape index (κ3) is 4.66. The molecule has 0 bridgehead atoms. The van der Waals surface area contributed by atoms with Crippen LogP contribution in [0.4, 0.5) is 5.69 Å². The highest BCUT2D eigenvalue weighted by molar-refractivity contribution is 6.27. The summed E-state index contributed by atoms with van der Waals surface area (Å²) < 4.78 is 0. The predicted molar refractivity (Wildman–Crippen MR) is 156 cm³/mol. The van der Waals surface area contributed by atoms with Crippen LogP contribution in [-0.2, 0) is 14.4 Å². The topological polar surface area (TPSA) is 127 Å². The Kier molecular flexibility index (Phi) is 7.01. The minimum atomic E-state index is -0.719. The van der Waals surface area contributed by atoms with Gasteiger partial charge in [0.1, 0.15) is 6.04 Å². The number of quaternary nitrogens is 1. The number of hydrogen-bond donors (Lipinski definition) is 3. The molecule has 9 nitrogen and oxygen atoms in total. The van der Waals surface area contributed by atoms with Crippen molar-refractivity contribution in [3.63, 3.8) is 0 Å². The van der Waals surface area contributed by atoms with Gasteiger partial charge in [-0.2, -0.15) is 0 Å². The van der Waals surface area contributed by atoms with Crippen LogP contribution in [-0.4, -0.2) is 59.9 Å². The molecule has 1 unspecified atom stereocenters. The van der Waals surface area contributed by atoms with Crippen LogP contribution >= 0.6 is 0 Å². The van der Waals surface area contributed by atoms with E-state index < -0.39 is 11.9 Å². The molecule has 2 atom stereocenters. The predicted octanol–water partition coefficient (Wildman–Crippen LogP) is 2.99. The summed E-state index contributed by atoms with van der Waals surface area (Å²) in [5, 5.41) is 14.5. The van der Waals surface area contributed by atoms with Crippen molar-refractivity contribution in [2.45, 2.75) is 76.8 Å². The van der Waals surface area contributed by atoms with Gasteiger partial charge in [0, 0.05) is 66.4 Å². The van der Waals surface area contributed by atoms with Crippen molar-refractivity contribution in [1.29, 1.82) is 5.41 Å². The fourth-order valence-electron chi connectivity index (χ4n) is 6.99. The molecule has 9 heteroatoms. The largest absolute Gasteiger partial charge is 0.342 e. The van der Waals surface area contributed by atoms with Crippen LogP contribution in [0.1, 0.15) is 80.6 Å². The Balaban J connectivity index is 1.20. The van der Waals surface area contributed by atoms with Crippen LogP contribution in [0.2, 0.25) is 0 Å². The molecule has 0 spiro atoms. The van der Waals surface area contributed by atoms with Gasteiger partial charge in [-0.15, -0.1) is 0 Å². The van der Waals surface area contributed by atoms with Gasteiger partial charge in [-0.05, 0) is 42.3 Å². The molecule has 4 amide bonds. The number of carbonyl (C=O) groups is 4.